The fourth-order valence-electron chi connectivity index (χ4n) is 5.76. The fraction of sp³-hybridized carbons (Fsp3) is 0.423. The van der Waals surface area contributed by atoms with Gasteiger partial charge < -0.3 is 20.1 Å². The van der Waals surface area contributed by atoms with Crippen LogP contribution >= 0.6 is 11.6 Å². The zero-order valence-electron chi connectivity index (χ0n) is 19.6. The highest BCUT2D eigenvalue weighted by atomic mass is 35.5. The van der Waals surface area contributed by atoms with E-state index in [0.717, 1.165) is 37.0 Å². The van der Waals surface area contributed by atoms with E-state index in [4.69, 9.17) is 16.7 Å². The van der Waals surface area contributed by atoms with E-state index in [1.807, 2.05) is 6.07 Å². The van der Waals surface area contributed by atoms with E-state index < -0.39 is 29.5 Å². The fourth-order valence-corrected chi connectivity index (χ4v) is 5.92. The molecule has 0 aromatic heterocycles. The first-order chi connectivity index (χ1) is 17.5. The topological polar surface area (TPSA) is 95.9 Å². The molecule has 1 aliphatic heterocycles. The van der Waals surface area contributed by atoms with Crippen molar-refractivity contribution in [1.29, 1.82) is 0 Å². The Morgan fingerprint density at radius 1 is 1.11 bits per heavy atom. The van der Waals surface area contributed by atoms with Gasteiger partial charge in [-0.05, 0) is 67.5 Å². The average Bonchev–Trinajstić information content (AvgIpc) is 3.57. The number of carbonyl (C=O) groups is 3. The van der Waals surface area contributed by atoms with Crippen LogP contribution in [-0.4, -0.2) is 40.8 Å². The normalized spacial score (nSPS) is 23.2. The minimum absolute atomic E-state index is 0.0227. The van der Waals surface area contributed by atoms with Crippen LogP contribution < -0.4 is 15.0 Å². The molecule has 0 bridgehead atoms. The average molecular weight is 537 g/mol. The highest BCUT2D eigenvalue weighted by Gasteiger charge is 2.60. The molecule has 11 heteroatoms. The van der Waals surface area contributed by atoms with Crippen molar-refractivity contribution >= 4 is 35.1 Å². The maximum atomic E-state index is 13.7. The summed E-state index contributed by atoms with van der Waals surface area (Å²) in [6.07, 6.45) is -2.30. The number of nitrogens with zero attached hydrogens (tertiary/aromatic N) is 1. The molecular formula is C26H24ClF3N2O5. The molecule has 3 atom stereocenters. The summed E-state index contributed by atoms with van der Waals surface area (Å²) >= 11 is 6.32. The van der Waals surface area contributed by atoms with Crippen molar-refractivity contribution in [3.63, 3.8) is 0 Å². The van der Waals surface area contributed by atoms with Gasteiger partial charge in [-0.3, -0.25) is 14.4 Å². The molecule has 3 aliphatic rings. The van der Waals surface area contributed by atoms with Crippen LogP contribution in [0.2, 0.25) is 5.02 Å². The Labute approximate surface area is 215 Å². The van der Waals surface area contributed by atoms with Gasteiger partial charge in [0.15, 0.2) is 0 Å². The van der Waals surface area contributed by atoms with Crippen LogP contribution in [0, 0.1) is 5.92 Å². The van der Waals surface area contributed by atoms with Gasteiger partial charge in [-0.1, -0.05) is 23.7 Å². The second kappa shape index (κ2) is 9.24. The Balaban J connectivity index is 1.48. The van der Waals surface area contributed by atoms with Gasteiger partial charge in [0.05, 0.1) is 6.42 Å². The lowest BCUT2D eigenvalue weighted by molar-refractivity contribution is -0.274. The number of amides is 2. The first-order valence-corrected chi connectivity index (χ1v) is 12.4. The molecule has 2 amide bonds. The second-order valence-corrected chi connectivity index (χ2v) is 10.3. The molecule has 2 N–H and O–H groups in total. The maximum absolute atomic E-state index is 13.7. The number of carboxylic acid groups (broad SMARTS) is 1. The number of carbonyl (C=O) groups excluding carboxylic acids is 2. The highest BCUT2D eigenvalue weighted by Crippen LogP contribution is 2.61. The van der Waals surface area contributed by atoms with Crippen LogP contribution in [0.5, 0.6) is 5.75 Å². The van der Waals surface area contributed by atoms with Crippen LogP contribution in [0.25, 0.3) is 0 Å². The SMILES string of the molecule is O=C(O)CCC(=O)NC1(C2c3ccc(Cl)cc3N(C(=O)c3cccc(OC(F)(F)F)c3)C3CCC32)CC1. The van der Waals surface area contributed by atoms with Gasteiger partial charge in [0, 0.05) is 40.2 Å². The van der Waals surface area contributed by atoms with Gasteiger partial charge >= 0.3 is 12.3 Å². The van der Waals surface area contributed by atoms with Crippen molar-refractivity contribution in [3.05, 3.63) is 58.6 Å². The van der Waals surface area contributed by atoms with Crippen molar-refractivity contribution in [3.8, 4) is 5.75 Å². The first-order valence-electron chi connectivity index (χ1n) is 12.0. The molecule has 0 radical (unpaired) electrons. The Hall–Kier alpha value is -3.27. The highest BCUT2D eigenvalue weighted by molar-refractivity contribution is 6.31. The number of aliphatic carboxylic acids is 1. The summed E-state index contributed by atoms with van der Waals surface area (Å²) in [7, 11) is 0. The van der Waals surface area contributed by atoms with E-state index in [0.29, 0.717) is 17.1 Å². The third-order valence-corrected chi connectivity index (χ3v) is 7.74. The predicted molar refractivity (Wildman–Crippen MR) is 128 cm³/mol. The summed E-state index contributed by atoms with van der Waals surface area (Å²) in [4.78, 5) is 38.8. The van der Waals surface area contributed by atoms with E-state index in [1.54, 1.807) is 17.0 Å². The zero-order valence-corrected chi connectivity index (χ0v) is 20.3. The van der Waals surface area contributed by atoms with Gasteiger partial charge in [-0.2, -0.15) is 0 Å². The minimum Gasteiger partial charge on any atom is -0.481 e. The van der Waals surface area contributed by atoms with Gasteiger partial charge in [0.2, 0.25) is 5.91 Å². The van der Waals surface area contributed by atoms with Gasteiger partial charge in [-0.15, -0.1) is 13.2 Å². The lowest BCUT2D eigenvalue weighted by Gasteiger charge is -2.55. The third kappa shape index (κ3) is 4.99. The molecule has 2 aromatic rings. The van der Waals surface area contributed by atoms with Crippen molar-refractivity contribution in [2.24, 2.45) is 5.92 Å². The van der Waals surface area contributed by atoms with E-state index in [9.17, 15) is 27.6 Å². The summed E-state index contributed by atoms with van der Waals surface area (Å²) in [5.41, 5.74) is 0.922. The quantitative estimate of drug-likeness (QED) is 0.502. The summed E-state index contributed by atoms with van der Waals surface area (Å²) in [5.74, 6) is -2.39. The number of halogens is 4. The molecule has 196 valence electrons. The van der Waals surface area contributed by atoms with Crippen molar-refractivity contribution < 1.29 is 37.4 Å². The number of fused-ring (bicyclic) bond motifs is 2. The Morgan fingerprint density at radius 3 is 2.49 bits per heavy atom. The minimum atomic E-state index is -4.88. The Kier molecular flexibility index (Phi) is 6.34. The number of alkyl halides is 3. The number of hydrogen-bond donors (Lipinski definition) is 2. The number of anilines is 1. The van der Waals surface area contributed by atoms with Gasteiger partial charge in [0.25, 0.3) is 5.91 Å². The van der Waals surface area contributed by atoms with Crippen molar-refractivity contribution in [1.82, 2.24) is 5.32 Å². The molecule has 2 aliphatic carbocycles. The standard InChI is InChI=1S/C26H24ClF3N2O5/c27-15-4-5-18-20(13-15)32(24(36)14-2-1-3-16(12-14)37-26(28,29)30)19-7-6-17(19)23(18)25(10-11-25)31-21(33)8-9-22(34)35/h1-5,12-13,17,19,23H,6-11H2,(H,31,33)(H,34,35). The molecule has 0 saturated heterocycles. The van der Waals surface area contributed by atoms with Crippen LogP contribution in [-0.2, 0) is 9.59 Å². The van der Waals surface area contributed by atoms with Crippen molar-refractivity contribution in [2.45, 2.75) is 62.4 Å². The molecule has 3 unspecified atom stereocenters. The molecular weight excluding hydrogens is 513 g/mol. The monoisotopic (exact) mass is 536 g/mol. The summed E-state index contributed by atoms with van der Waals surface area (Å²) in [6.45, 7) is 0. The summed E-state index contributed by atoms with van der Waals surface area (Å²) in [5, 5.41) is 12.4. The number of carboxylic acids is 1. The van der Waals surface area contributed by atoms with E-state index in [1.165, 1.54) is 12.1 Å². The number of hydrogen-bond acceptors (Lipinski definition) is 4. The number of rotatable bonds is 7. The van der Waals surface area contributed by atoms with E-state index >= 15 is 0 Å². The lowest BCUT2D eigenvalue weighted by atomic mass is 9.62. The molecule has 0 spiro atoms. The molecule has 2 aromatic carbocycles. The van der Waals surface area contributed by atoms with Gasteiger partial charge in [0.1, 0.15) is 5.75 Å². The molecule has 1 heterocycles. The maximum Gasteiger partial charge on any atom is 0.573 e. The molecule has 37 heavy (non-hydrogen) atoms. The lowest BCUT2D eigenvalue weighted by Crippen LogP contribution is -2.59. The molecule has 2 saturated carbocycles. The zero-order chi connectivity index (χ0) is 26.5. The smallest absolute Gasteiger partial charge is 0.481 e. The largest absolute Gasteiger partial charge is 0.573 e. The summed E-state index contributed by atoms with van der Waals surface area (Å²) in [6, 6.07) is 10.0. The van der Waals surface area contributed by atoms with Crippen LogP contribution in [0.1, 0.15) is 60.4 Å². The molecule has 2 fully saturated rings. The molecule has 5 rings (SSSR count). The number of nitrogens with one attached hydrogen (secondary N) is 1. The first kappa shape index (κ1) is 25.4. The summed E-state index contributed by atoms with van der Waals surface area (Å²) < 4.78 is 42.2. The van der Waals surface area contributed by atoms with Crippen LogP contribution in [0.15, 0.2) is 42.5 Å². The van der Waals surface area contributed by atoms with Gasteiger partial charge in [-0.25, -0.2) is 0 Å². The Bertz CT molecular complexity index is 1260. The molecule has 7 nitrogen and oxygen atoms in total. The van der Waals surface area contributed by atoms with Crippen molar-refractivity contribution in [2.75, 3.05) is 4.90 Å². The number of benzene rings is 2. The predicted octanol–water partition coefficient (Wildman–Crippen LogP) is 5.27. The third-order valence-electron chi connectivity index (χ3n) is 7.51. The Morgan fingerprint density at radius 2 is 1.86 bits per heavy atom. The van der Waals surface area contributed by atoms with E-state index in [-0.39, 0.29) is 42.2 Å². The van der Waals surface area contributed by atoms with Crippen LogP contribution in [0.4, 0.5) is 18.9 Å². The second-order valence-electron chi connectivity index (χ2n) is 9.84. The van der Waals surface area contributed by atoms with E-state index in [2.05, 4.69) is 10.1 Å². The van der Waals surface area contributed by atoms with Crippen LogP contribution in [0.3, 0.4) is 0 Å². The number of ether oxygens (including phenoxy) is 1.